The lowest BCUT2D eigenvalue weighted by Gasteiger charge is -2.13. The average Bonchev–Trinajstić information content (AvgIpc) is 2.38. The zero-order valence-electron chi connectivity index (χ0n) is 9.64. The fourth-order valence-corrected chi connectivity index (χ4v) is 1.68. The molecule has 0 aliphatic rings. The summed E-state index contributed by atoms with van der Waals surface area (Å²) in [4.78, 5) is 0. The van der Waals surface area contributed by atoms with Crippen molar-refractivity contribution in [2.75, 3.05) is 6.61 Å². The summed E-state index contributed by atoms with van der Waals surface area (Å²) in [5, 5.41) is 0.650. The van der Waals surface area contributed by atoms with Crippen molar-refractivity contribution in [3.8, 4) is 5.75 Å². The molecule has 94 valence electrons. The summed E-state index contributed by atoms with van der Waals surface area (Å²) in [6.07, 6.45) is 0. The number of hydrogen-bond acceptors (Lipinski definition) is 2. The molecule has 0 radical (unpaired) electrons. The van der Waals surface area contributed by atoms with E-state index in [1.54, 1.807) is 36.4 Å². The van der Waals surface area contributed by atoms with E-state index in [0.29, 0.717) is 16.3 Å². The van der Waals surface area contributed by atoms with Crippen molar-refractivity contribution < 1.29 is 9.13 Å². The molecule has 0 fully saturated rings. The zero-order valence-corrected chi connectivity index (χ0v) is 10.4. The van der Waals surface area contributed by atoms with Gasteiger partial charge in [-0.25, -0.2) is 4.39 Å². The van der Waals surface area contributed by atoms with Gasteiger partial charge in [0.05, 0.1) is 6.04 Å². The Bertz CT molecular complexity index is 515. The molecular formula is C14H13ClFNO. The van der Waals surface area contributed by atoms with E-state index in [2.05, 4.69) is 0 Å². The molecule has 2 aromatic rings. The first-order chi connectivity index (χ1) is 8.65. The fraction of sp³-hybridized carbons (Fsp3) is 0.143. The van der Waals surface area contributed by atoms with Gasteiger partial charge in [0.25, 0.3) is 0 Å². The standard InChI is InChI=1S/C14H13ClFNO/c15-11-4-6-13(7-5-11)18-9-14(17)10-2-1-3-12(16)8-10/h1-8,14H,9,17H2. The molecule has 0 heterocycles. The summed E-state index contributed by atoms with van der Waals surface area (Å²) in [6.45, 7) is 0.283. The molecule has 2 rings (SSSR count). The number of rotatable bonds is 4. The lowest BCUT2D eigenvalue weighted by atomic mass is 10.1. The van der Waals surface area contributed by atoms with Crippen LogP contribution in [0, 0.1) is 5.82 Å². The molecule has 0 bridgehead atoms. The quantitative estimate of drug-likeness (QED) is 0.917. The van der Waals surface area contributed by atoms with Crippen LogP contribution in [0.3, 0.4) is 0 Å². The van der Waals surface area contributed by atoms with Crippen LogP contribution in [0.5, 0.6) is 5.75 Å². The van der Waals surface area contributed by atoms with Gasteiger partial charge in [0.1, 0.15) is 18.2 Å². The van der Waals surface area contributed by atoms with Crippen LogP contribution in [0.15, 0.2) is 48.5 Å². The maximum Gasteiger partial charge on any atom is 0.123 e. The van der Waals surface area contributed by atoms with Gasteiger partial charge in [-0.1, -0.05) is 23.7 Å². The number of benzene rings is 2. The lowest BCUT2D eigenvalue weighted by Crippen LogP contribution is -2.19. The van der Waals surface area contributed by atoms with Crippen molar-refractivity contribution in [3.63, 3.8) is 0 Å². The summed E-state index contributed by atoms with van der Waals surface area (Å²) in [5.41, 5.74) is 6.64. The number of hydrogen-bond donors (Lipinski definition) is 1. The molecule has 0 saturated heterocycles. The van der Waals surface area contributed by atoms with Crippen molar-refractivity contribution in [3.05, 3.63) is 64.9 Å². The number of ether oxygens (including phenoxy) is 1. The van der Waals surface area contributed by atoms with E-state index in [1.165, 1.54) is 12.1 Å². The van der Waals surface area contributed by atoms with Crippen molar-refractivity contribution in [2.24, 2.45) is 5.73 Å². The minimum atomic E-state index is -0.364. The van der Waals surface area contributed by atoms with Crippen LogP contribution in [0.2, 0.25) is 5.02 Å². The minimum absolute atomic E-state index is 0.283. The van der Waals surface area contributed by atoms with Crippen molar-refractivity contribution in [2.45, 2.75) is 6.04 Å². The highest BCUT2D eigenvalue weighted by molar-refractivity contribution is 6.30. The molecule has 0 saturated carbocycles. The Morgan fingerprint density at radius 2 is 1.89 bits per heavy atom. The lowest BCUT2D eigenvalue weighted by molar-refractivity contribution is 0.290. The first-order valence-corrected chi connectivity index (χ1v) is 5.92. The summed E-state index contributed by atoms with van der Waals surface area (Å²) in [5.74, 6) is 0.390. The minimum Gasteiger partial charge on any atom is -0.492 e. The van der Waals surface area contributed by atoms with Gasteiger partial charge in [-0.05, 0) is 42.0 Å². The Balaban J connectivity index is 1.96. The first-order valence-electron chi connectivity index (χ1n) is 5.54. The second-order valence-corrected chi connectivity index (χ2v) is 4.36. The van der Waals surface area contributed by atoms with E-state index in [-0.39, 0.29) is 18.5 Å². The summed E-state index contributed by atoms with van der Waals surface area (Å²) in [6, 6.07) is 12.9. The third-order valence-electron chi connectivity index (χ3n) is 2.52. The van der Waals surface area contributed by atoms with Gasteiger partial charge in [0, 0.05) is 5.02 Å². The second kappa shape index (κ2) is 5.85. The predicted octanol–water partition coefficient (Wildman–Crippen LogP) is 3.56. The molecule has 18 heavy (non-hydrogen) atoms. The summed E-state index contributed by atoms with van der Waals surface area (Å²) in [7, 11) is 0. The smallest absolute Gasteiger partial charge is 0.123 e. The number of halogens is 2. The van der Waals surface area contributed by atoms with Gasteiger partial charge < -0.3 is 10.5 Å². The van der Waals surface area contributed by atoms with Gasteiger partial charge in [-0.2, -0.15) is 0 Å². The third-order valence-corrected chi connectivity index (χ3v) is 2.77. The molecule has 2 nitrogen and oxygen atoms in total. The largest absolute Gasteiger partial charge is 0.492 e. The van der Waals surface area contributed by atoms with Crippen LogP contribution in [-0.4, -0.2) is 6.61 Å². The molecule has 0 aromatic heterocycles. The monoisotopic (exact) mass is 265 g/mol. The molecule has 0 spiro atoms. The zero-order chi connectivity index (χ0) is 13.0. The molecule has 4 heteroatoms. The fourth-order valence-electron chi connectivity index (χ4n) is 1.55. The Kier molecular flexibility index (Phi) is 4.18. The highest BCUT2D eigenvalue weighted by atomic mass is 35.5. The van der Waals surface area contributed by atoms with Gasteiger partial charge in [0.15, 0.2) is 0 Å². The Labute approximate surface area is 110 Å². The number of nitrogens with two attached hydrogens (primary N) is 1. The van der Waals surface area contributed by atoms with Gasteiger partial charge >= 0.3 is 0 Å². The SMILES string of the molecule is NC(COc1ccc(Cl)cc1)c1cccc(F)c1. The van der Waals surface area contributed by atoms with Crippen molar-refractivity contribution in [1.82, 2.24) is 0 Å². The molecular weight excluding hydrogens is 253 g/mol. The van der Waals surface area contributed by atoms with Crippen LogP contribution in [0.1, 0.15) is 11.6 Å². The maximum atomic E-state index is 13.0. The molecule has 0 aliphatic carbocycles. The van der Waals surface area contributed by atoms with E-state index in [0.717, 1.165) is 0 Å². The van der Waals surface area contributed by atoms with E-state index in [1.807, 2.05) is 0 Å². The van der Waals surface area contributed by atoms with Crippen LogP contribution < -0.4 is 10.5 Å². The molecule has 2 aromatic carbocycles. The van der Waals surface area contributed by atoms with Crippen LogP contribution in [0.25, 0.3) is 0 Å². The van der Waals surface area contributed by atoms with Crippen LogP contribution in [0.4, 0.5) is 4.39 Å². The maximum absolute atomic E-state index is 13.0. The third kappa shape index (κ3) is 3.45. The highest BCUT2D eigenvalue weighted by Gasteiger charge is 2.07. The normalized spacial score (nSPS) is 12.2. The van der Waals surface area contributed by atoms with Gasteiger partial charge in [0.2, 0.25) is 0 Å². The molecule has 0 amide bonds. The van der Waals surface area contributed by atoms with Gasteiger partial charge in [-0.15, -0.1) is 0 Å². The van der Waals surface area contributed by atoms with E-state index in [4.69, 9.17) is 22.1 Å². The highest BCUT2D eigenvalue weighted by Crippen LogP contribution is 2.18. The molecule has 0 aliphatic heterocycles. The Morgan fingerprint density at radius 1 is 1.17 bits per heavy atom. The second-order valence-electron chi connectivity index (χ2n) is 3.93. The Hall–Kier alpha value is -1.58. The van der Waals surface area contributed by atoms with Gasteiger partial charge in [-0.3, -0.25) is 0 Å². The van der Waals surface area contributed by atoms with E-state index < -0.39 is 0 Å². The van der Waals surface area contributed by atoms with Crippen molar-refractivity contribution in [1.29, 1.82) is 0 Å². The first kappa shape index (κ1) is 12.9. The molecule has 1 unspecified atom stereocenters. The summed E-state index contributed by atoms with van der Waals surface area (Å²) < 4.78 is 18.5. The Morgan fingerprint density at radius 3 is 2.56 bits per heavy atom. The summed E-state index contributed by atoms with van der Waals surface area (Å²) >= 11 is 5.77. The van der Waals surface area contributed by atoms with E-state index in [9.17, 15) is 4.39 Å². The average molecular weight is 266 g/mol. The van der Waals surface area contributed by atoms with Crippen LogP contribution >= 0.6 is 11.6 Å². The van der Waals surface area contributed by atoms with Crippen LogP contribution in [-0.2, 0) is 0 Å². The topological polar surface area (TPSA) is 35.2 Å². The molecule has 1 atom stereocenters. The van der Waals surface area contributed by atoms with Crippen molar-refractivity contribution >= 4 is 11.6 Å². The predicted molar refractivity (Wildman–Crippen MR) is 70.3 cm³/mol. The van der Waals surface area contributed by atoms with E-state index >= 15 is 0 Å². The molecule has 2 N–H and O–H groups in total.